The van der Waals surface area contributed by atoms with Crippen LogP contribution in [0.4, 0.5) is 5.69 Å². The lowest BCUT2D eigenvalue weighted by molar-refractivity contribution is -0.134. The van der Waals surface area contributed by atoms with Crippen molar-refractivity contribution in [2.45, 2.75) is 29.7 Å². The van der Waals surface area contributed by atoms with Crippen LogP contribution in [0.1, 0.15) is 40.3 Å². The summed E-state index contributed by atoms with van der Waals surface area (Å²) in [6.45, 7) is 6.30. The van der Waals surface area contributed by atoms with Gasteiger partial charge in [0.05, 0.1) is 17.0 Å². The zero-order valence-electron chi connectivity index (χ0n) is 21.9. The maximum Gasteiger partial charge on any atom is 0.365 e. The lowest BCUT2D eigenvalue weighted by Gasteiger charge is -2.37. The molecule has 4 nitrogen and oxygen atoms in total. The molecular weight excluding hydrogens is 544 g/mol. The molecule has 6 rings (SSSR count). The van der Waals surface area contributed by atoms with Gasteiger partial charge in [0.25, 0.3) is 0 Å². The molecule has 2 aliphatic rings. The average Bonchev–Trinajstić information content (AvgIpc) is 3.47. The first-order chi connectivity index (χ1) is 18.9. The van der Waals surface area contributed by atoms with E-state index >= 15 is 0 Å². The molecule has 4 aromatic rings. The molecule has 0 aromatic heterocycles. The molecular formula is C32H27ClN2O2S2. The van der Waals surface area contributed by atoms with Crippen molar-refractivity contribution in [3.63, 3.8) is 0 Å². The number of ether oxygens (including phenoxy) is 1. The van der Waals surface area contributed by atoms with Gasteiger partial charge in [-0.15, -0.1) is 0 Å². The Kier molecular flexibility index (Phi) is 6.74. The third-order valence-corrected chi connectivity index (χ3v) is 10.6. The van der Waals surface area contributed by atoms with Crippen LogP contribution in [-0.2, 0) is 18.5 Å². The maximum absolute atomic E-state index is 13.1. The summed E-state index contributed by atoms with van der Waals surface area (Å²) >= 11 is 9.69. The number of benzene rings is 4. The van der Waals surface area contributed by atoms with E-state index < -0.39 is 14.9 Å². The van der Waals surface area contributed by atoms with Gasteiger partial charge in [-0.05, 0) is 55.7 Å². The van der Waals surface area contributed by atoms with Crippen LogP contribution in [0, 0.1) is 13.8 Å². The van der Waals surface area contributed by atoms with E-state index in [9.17, 15) is 4.79 Å². The smallest absolute Gasteiger partial charge is 0.365 e. The average molecular weight is 571 g/mol. The van der Waals surface area contributed by atoms with Crippen molar-refractivity contribution in [1.29, 1.82) is 0 Å². The summed E-state index contributed by atoms with van der Waals surface area (Å²) in [7, 11) is 0. The van der Waals surface area contributed by atoms with Crippen molar-refractivity contribution in [2.75, 3.05) is 11.6 Å². The number of carbonyl (C=O) groups excluding carboxylic acids is 1. The number of anilines is 1. The highest BCUT2D eigenvalue weighted by Gasteiger charge is 2.62. The van der Waals surface area contributed by atoms with Gasteiger partial charge in [-0.3, -0.25) is 0 Å². The fraction of sp³-hybridized carbons (Fsp3) is 0.188. The molecule has 0 aliphatic carbocycles. The van der Waals surface area contributed by atoms with Crippen LogP contribution in [0.5, 0.6) is 0 Å². The topological polar surface area (TPSA) is 41.9 Å². The Labute approximate surface area is 242 Å². The van der Waals surface area contributed by atoms with Crippen LogP contribution in [0.3, 0.4) is 0 Å². The highest BCUT2D eigenvalue weighted by Crippen LogP contribution is 2.71. The molecule has 2 aliphatic heterocycles. The first-order valence-corrected chi connectivity index (χ1v) is 14.8. The van der Waals surface area contributed by atoms with E-state index in [1.54, 1.807) is 11.8 Å². The van der Waals surface area contributed by atoms with Crippen LogP contribution in [0.15, 0.2) is 102 Å². The van der Waals surface area contributed by atoms with Crippen LogP contribution < -0.4 is 5.01 Å². The lowest BCUT2D eigenvalue weighted by atomic mass is 9.81. The second kappa shape index (κ2) is 10.1. The zero-order valence-corrected chi connectivity index (χ0v) is 24.2. The highest BCUT2D eigenvalue weighted by atomic mass is 35.5. The van der Waals surface area contributed by atoms with Gasteiger partial charge in [-0.2, -0.15) is 5.10 Å². The van der Waals surface area contributed by atoms with Gasteiger partial charge in [0.2, 0.25) is 5.04 Å². The van der Waals surface area contributed by atoms with Crippen LogP contribution in [0.25, 0.3) is 0 Å². The molecule has 1 atom stereocenters. The quantitative estimate of drug-likeness (QED) is 0.226. The molecule has 0 N–H and O–H groups in total. The monoisotopic (exact) mass is 570 g/mol. The summed E-state index contributed by atoms with van der Waals surface area (Å²) in [5.74, 6) is -0.423. The van der Waals surface area contributed by atoms with E-state index in [0.717, 1.165) is 11.3 Å². The number of carbonyl (C=O) groups is 1. The van der Waals surface area contributed by atoms with Gasteiger partial charge in [0.1, 0.15) is 0 Å². The van der Waals surface area contributed by atoms with Crippen LogP contribution >= 0.6 is 35.1 Å². The number of hydrogen-bond donors (Lipinski definition) is 0. The third-order valence-electron chi connectivity index (χ3n) is 7.06. The second-order valence-corrected chi connectivity index (χ2v) is 12.9. The summed E-state index contributed by atoms with van der Waals surface area (Å²) < 4.78 is 4.09. The molecule has 196 valence electrons. The first-order valence-electron chi connectivity index (χ1n) is 12.8. The van der Waals surface area contributed by atoms with Crippen molar-refractivity contribution in [3.05, 3.63) is 135 Å². The number of hydrogen-bond acceptors (Lipinski definition) is 6. The Morgan fingerprint density at radius 3 is 2.08 bits per heavy atom. The third kappa shape index (κ3) is 4.26. The number of nitrogens with zero attached hydrogens (tertiary/aromatic N) is 2. The fourth-order valence-electron chi connectivity index (χ4n) is 5.25. The molecule has 0 bridgehead atoms. The Bertz CT molecular complexity index is 1540. The van der Waals surface area contributed by atoms with Crippen molar-refractivity contribution in [3.8, 4) is 0 Å². The number of fused-ring (bicyclic) bond motifs is 2. The number of thioether (sulfide) groups is 2. The summed E-state index contributed by atoms with van der Waals surface area (Å²) in [6.07, 6.45) is 0. The van der Waals surface area contributed by atoms with Gasteiger partial charge in [0.15, 0.2) is 4.20 Å². The minimum absolute atomic E-state index is 0.281. The molecule has 4 aromatic carbocycles. The molecule has 0 saturated carbocycles. The molecule has 0 radical (unpaired) electrons. The lowest BCUT2D eigenvalue weighted by Crippen LogP contribution is -2.34. The largest absolute Gasteiger partial charge is 0.461 e. The normalized spacial score (nSPS) is 19.2. The minimum Gasteiger partial charge on any atom is -0.461 e. The Morgan fingerprint density at radius 2 is 1.49 bits per heavy atom. The zero-order chi connectivity index (χ0) is 27.2. The van der Waals surface area contributed by atoms with E-state index in [0.29, 0.717) is 10.1 Å². The molecule has 1 spiro atoms. The predicted molar refractivity (Wildman–Crippen MR) is 164 cm³/mol. The van der Waals surface area contributed by atoms with Gasteiger partial charge in [-0.1, -0.05) is 125 Å². The van der Waals surface area contributed by atoms with E-state index in [2.05, 4.69) is 86.6 Å². The molecule has 0 amide bonds. The van der Waals surface area contributed by atoms with E-state index in [1.165, 1.54) is 39.6 Å². The molecule has 39 heavy (non-hydrogen) atoms. The molecule has 0 fully saturated rings. The van der Waals surface area contributed by atoms with Crippen molar-refractivity contribution in [1.82, 2.24) is 0 Å². The van der Waals surface area contributed by atoms with Crippen molar-refractivity contribution in [2.24, 2.45) is 5.10 Å². The summed E-state index contributed by atoms with van der Waals surface area (Å²) in [5, 5.41) is 7.77. The minimum atomic E-state index is -0.779. The molecule has 2 heterocycles. The van der Waals surface area contributed by atoms with E-state index in [-0.39, 0.29) is 6.61 Å². The molecule has 7 heteroatoms. The summed E-state index contributed by atoms with van der Waals surface area (Å²) in [4.78, 5) is 13.1. The maximum atomic E-state index is 13.1. The predicted octanol–water partition coefficient (Wildman–Crippen LogP) is 8.24. The molecule has 0 saturated heterocycles. The standard InChI is InChI=1S/C32H27ClN2O2S2/c1-4-37-30(36)29-34-35(26-9-7-8-25(33)20-26)32(38-29)28-11-6-5-10-27(28)31(39-32,23-16-12-21(2)13-17-23)24-18-14-22(3)15-19-24/h5-20H,4H2,1-3H3/t32-/m0/s1. The van der Waals surface area contributed by atoms with Gasteiger partial charge >= 0.3 is 5.97 Å². The summed E-state index contributed by atoms with van der Waals surface area (Å²) in [6, 6.07) is 33.6. The van der Waals surface area contributed by atoms with Gasteiger partial charge in [-0.25, -0.2) is 9.80 Å². The fourth-order valence-corrected chi connectivity index (χ4v) is 8.99. The molecule has 0 unspecified atom stereocenters. The Morgan fingerprint density at radius 1 is 0.872 bits per heavy atom. The van der Waals surface area contributed by atoms with Crippen molar-refractivity contribution >= 4 is 51.8 Å². The Hall–Kier alpha value is -3.19. The second-order valence-electron chi connectivity index (χ2n) is 9.66. The van der Waals surface area contributed by atoms with E-state index in [1.807, 2.05) is 36.2 Å². The van der Waals surface area contributed by atoms with Gasteiger partial charge in [0, 0.05) is 10.6 Å². The number of esters is 1. The first kappa shape index (κ1) is 26.1. The summed E-state index contributed by atoms with van der Waals surface area (Å²) in [5.41, 5.74) is 7.80. The van der Waals surface area contributed by atoms with Gasteiger partial charge < -0.3 is 4.74 Å². The number of aryl methyl sites for hydroxylation is 2. The Balaban J connectivity index is 1.63. The van der Waals surface area contributed by atoms with Crippen LogP contribution in [0.2, 0.25) is 5.02 Å². The number of hydrazone groups is 1. The number of rotatable bonds is 5. The van der Waals surface area contributed by atoms with E-state index in [4.69, 9.17) is 21.4 Å². The van der Waals surface area contributed by atoms with Crippen molar-refractivity contribution < 1.29 is 9.53 Å². The number of halogens is 1. The SMILES string of the molecule is CCOC(=O)C1=NN(c2cccc(Cl)c2)[C@@]2(S1)SC(c1ccc(C)cc1)(c1ccc(C)cc1)c1ccccc12. The highest BCUT2D eigenvalue weighted by molar-refractivity contribution is 8.27. The van der Waals surface area contributed by atoms with Crippen LogP contribution in [-0.4, -0.2) is 17.6 Å².